The fourth-order valence-corrected chi connectivity index (χ4v) is 4.53. The number of carbonyl (C=O) groups is 1. The maximum absolute atomic E-state index is 12.6. The highest BCUT2D eigenvalue weighted by Gasteiger charge is 2.43. The lowest BCUT2D eigenvalue weighted by molar-refractivity contribution is -0.117. The highest BCUT2D eigenvalue weighted by atomic mass is 32.2. The number of anilines is 1. The largest absolute Gasteiger partial charge is 0.496 e. The van der Waals surface area contributed by atoms with Crippen LogP contribution in [0, 0.1) is 5.92 Å². The Kier molecular flexibility index (Phi) is 6.01. The number of sulfonamides is 1. The molecular formula is C23H23N3O4S. The summed E-state index contributed by atoms with van der Waals surface area (Å²) in [4.78, 5) is 16.6. The van der Waals surface area contributed by atoms with E-state index in [1.807, 2.05) is 24.3 Å². The number of methoxy groups -OCH3 is 1. The van der Waals surface area contributed by atoms with E-state index in [1.165, 1.54) is 12.1 Å². The highest BCUT2D eigenvalue weighted by Crippen LogP contribution is 2.47. The Morgan fingerprint density at radius 3 is 2.48 bits per heavy atom. The van der Waals surface area contributed by atoms with Crippen LogP contribution in [0.1, 0.15) is 23.5 Å². The number of benzene rings is 2. The van der Waals surface area contributed by atoms with E-state index in [2.05, 4.69) is 15.0 Å². The molecule has 2 atom stereocenters. The molecule has 1 aliphatic rings. The molecule has 2 aromatic carbocycles. The van der Waals surface area contributed by atoms with E-state index < -0.39 is 10.0 Å². The lowest BCUT2D eigenvalue weighted by atomic mass is 10.1. The van der Waals surface area contributed by atoms with Crippen LogP contribution in [-0.2, 0) is 21.4 Å². The van der Waals surface area contributed by atoms with E-state index in [0.717, 1.165) is 17.5 Å². The van der Waals surface area contributed by atoms with Gasteiger partial charge in [-0.15, -0.1) is 0 Å². The predicted molar refractivity (Wildman–Crippen MR) is 117 cm³/mol. The summed E-state index contributed by atoms with van der Waals surface area (Å²) < 4.78 is 33.1. The van der Waals surface area contributed by atoms with Gasteiger partial charge in [-0.2, -0.15) is 0 Å². The van der Waals surface area contributed by atoms with Crippen LogP contribution >= 0.6 is 0 Å². The maximum Gasteiger partial charge on any atom is 0.240 e. The van der Waals surface area contributed by atoms with Crippen LogP contribution in [0.3, 0.4) is 0 Å². The first kappa shape index (κ1) is 21.0. The summed E-state index contributed by atoms with van der Waals surface area (Å²) in [6.45, 7) is 0.114. The van der Waals surface area contributed by atoms with Gasteiger partial charge in [-0.05, 0) is 60.4 Å². The Hall–Kier alpha value is -3.23. The summed E-state index contributed by atoms with van der Waals surface area (Å²) >= 11 is 0. The number of amides is 1. The number of hydrogen-bond donors (Lipinski definition) is 2. The summed E-state index contributed by atoms with van der Waals surface area (Å²) in [5.74, 6) is 0.690. The molecule has 0 bridgehead atoms. The lowest BCUT2D eigenvalue weighted by Crippen LogP contribution is -2.23. The van der Waals surface area contributed by atoms with Gasteiger partial charge in [0.25, 0.3) is 0 Å². The second kappa shape index (κ2) is 8.87. The molecule has 1 fully saturated rings. The van der Waals surface area contributed by atoms with Crippen molar-refractivity contribution in [2.75, 3.05) is 12.4 Å². The maximum atomic E-state index is 12.6. The van der Waals surface area contributed by atoms with Crippen molar-refractivity contribution in [3.05, 3.63) is 84.2 Å². The zero-order valence-corrected chi connectivity index (χ0v) is 17.8. The standard InChI is InChI=1S/C23H23N3O4S/c1-30-22-5-3-2-4-17(22)15-25-31(28,29)19-8-6-18(7-9-19)26-23(27)21-14-20(21)16-10-12-24-13-11-16/h2-13,20-21,25H,14-15H2,1H3,(H,26,27). The van der Waals surface area contributed by atoms with Gasteiger partial charge < -0.3 is 10.1 Å². The van der Waals surface area contributed by atoms with Crippen molar-refractivity contribution in [1.29, 1.82) is 0 Å². The first-order chi connectivity index (χ1) is 15.0. The number of hydrogen-bond acceptors (Lipinski definition) is 5. The van der Waals surface area contributed by atoms with Crippen molar-refractivity contribution >= 4 is 21.6 Å². The summed E-state index contributed by atoms with van der Waals surface area (Å²) in [6.07, 6.45) is 4.25. The molecule has 7 nitrogen and oxygen atoms in total. The van der Waals surface area contributed by atoms with Gasteiger partial charge >= 0.3 is 0 Å². The van der Waals surface area contributed by atoms with Gasteiger partial charge in [0.1, 0.15) is 5.75 Å². The fraction of sp³-hybridized carbons (Fsp3) is 0.217. The zero-order valence-electron chi connectivity index (χ0n) is 17.0. The topological polar surface area (TPSA) is 97.4 Å². The van der Waals surface area contributed by atoms with Gasteiger partial charge in [-0.25, -0.2) is 13.1 Å². The summed E-state index contributed by atoms with van der Waals surface area (Å²) in [5.41, 5.74) is 2.41. The normalized spacial score (nSPS) is 17.7. The third-order valence-electron chi connectivity index (χ3n) is 5.34. The van der Waals surface area contributed by atoms with Gasteiger partial charge in [0.15, 0.2) is 0 Å². The summed E-state index contributed by atoms with van der Waals surface area (Å²) in [7, 11) is -2.16. The number of pyridine rings is 1. The van der Waals surface area contributed by atoms with Crippen LogP contribution in [0.2, 0.25) is 0 Å². The van der Waals surface area contributed by atoms with Gasteiger partial charge in [0, 0.05) is 36.1 Å². The molecule has 0 radical (unpaired) electrons. The van der Waals surface area contributed by atoms with E-state index in [-0.39, 0.29) is 29.2 Å². The van der Waals surface area contributed by atoms with E-state index in [4.69, 9.17) is 4.74 Å². The van der Waals surface area contributed by atoms with Crippen molar-refractivity contribution < 1.29 is 17.9 Å². The van der Waals surface area contributed by atoms with Crippen LogP contribution in [0.5, 0.6) is 5.75 Å². The lowest BCUT2D eigenvalue weighted by Gasteiger charge is -2.11. The first-order valence-electron chi connectivity index (χ1n) is 9.90. The van der Waals surface area contributed by atoms with E-state index >= 15 is 0 Å². The van der Waals surface area contributed by atoms with Gasteiger partial charge in [-0.3, -0.25) is 9.78 Å². The smallest absolute Gasteiger partial charge is 0.240 e. The molecule has 3 aromatic rings. The Labute approximate surface area is 181 Å². The molecule has 0 aliphatic heterocycles. The average molecular weight is 438 g/mol. The number of aromatic nitrogens is 1. The number of rotatable bonds is 8. The quantitative estimate of drug-likeness (QED) is 0.564. The molecule has 0 spiro atoms. The van der Waals surface area contributed by atoms with Crippen LogP contribution < -0.4 is 14.8 Å². The molecule has 1 heterocycles. The first-order valence-corrected chi connectivity index (χ1v) is 11.4. The van der Waals surface area contributed by atoms with Crippen LogP contribution in [0.15, 0.2) is 78.0 Å². The molecule has 160 valence electrons. The molecule has 2 unspecified atom stereocenters. The van der Waals surface area contributed by atoms with Crippen molar-refractivity contribution in [3.8, 4) is 5.75 Å². The second-order valence-electron chi connectivity index (χ2n) is 7.38. The minimum atomic E-state index is -3.70. The number of carbonyl (C=O) groups excluding carboxylic acids is 1. The van der Waals surface area contributed by atoms with Gasteiger partial charge in [0.2, 0.25) is 15.9 Å². The summed E-state index contributed by atoms with van der Waals surface area (Å²) in [6, 6.07) is 17.2. The Bertz CT molecular complexity index is 1160. The van der Waals surface area contributed by atoms with Gasteiger partial charge in [0.05, 0.1) is 12.0 Å². The van der Waals surface area contributed by atoms with Crippen LogP contribution in [0.25, 0.3) is 0 Å². The Morgan fingerprint density at radius 1 is 1.06 bits per heavy atom. The number of para-hydroxylation sites is 1. The zero-order chi connectivity index (χ0) is 21.8. The van der Waals surface area contributed by atoms with Crippen molar-refractivity contribution in [2.24, 2.45) is 5.92 Å². The van der Waals surface area contributed by atoms with E-state index in [0.29, 0.717) is 11.4 Å². The molecule has 1 saturated carbocycles. The minimum absolute atomic E-state index is 0.0632. The third kappa shape index (κ3) is 4.92. The Balaban J connectivity index is 1.36. The molecular weight excluding hydrogens is 414 g/mol. The Morgan fingerprint density at radius 2 is 1.77 bits per heavy atom. The van der Waals surface area contributed by atoms with Crippen molar-refractivity contribution in [1.82, 2.24) is 9.71 Å². The number of ether oxygens (including phenoxy) is 1. The number of nitrogens with zero attached hydrogens (tertiary/aromatic N) is 1. The minimum Gasteiger partial charge on any atom is -0.496 e. The van der Waals surface area contributed by atoms with E-state index in [9.17, 15) is 13.2 Å². The molecule has 0 saturated heterocycles. The predicted octanol–water partition coefficient (Wildman–Crippen LogP) is 3.31. The highest BCUT2D eigenvalue weighted by molar-refractivity contribution is 7.89. The molecule has 8 heteroatoms. The van der Waals surface area contributed by atoms with Crippen molar-refractivity contribution in [2.45, 2.75) is 23.8 Å². The summed E-state index contributed by atoms with van der Waals surface area (Å²) in [5, 5.41) is 2.87. The van der Waals surface area contributed by atoms with Gasteiger partial charge in [-0.1, -0.05) is 18.2 Å². The molecule has 1 amide bonds. The second-order valence-corrected chi connectivity index (χ2v) is 9.15. The average Bonchev–Trinajstić information content (AvgIpc) is 3.60. The van der Waals surface area contributed by atoms with Crippen molar-refractivity contribution in [3.63, 3.8) is 0 Å². The molecule has 4 rings (SSSR count). The molecule has 2 N–H and O–H groups in total. The van der Waals surface area contributed by atoms with Crippen LogP contribution in [-0.4, -0.2) is 26.4 Å². The number of nitrogens with one attached hydrogen (secondary N) is 2. The molecule has 1 aromatic heterocycles. The SMILES string of the molecule is COc1ccccc1CNS(=O)(=O)c1ccc(NC(=O)C2CC2c2ccncc2)cc1. The molecule has 31 heavy (non-hydrogen) atoms. The fourth-order valence-electron chi connectivity index (χ4n) is 3.52. The van der Waals surface area contributed by atoms with E-state index in [1.54, 1.807) is 43.8 Å². The molecule has 1 aliphatic carbocycles. The van der Waals surface area contributed by atoms with Crippen LogP contribution in [0.4, 0.5) is 5.69 Å². The third-order valence-corrected chi connectivity index (χ3v) is 6.76. The monoisotopic (exact) mass is 437 g/mol.